The van der Waals surface area contributed by atoms with Crippen LogP contribution in [0.2, 0.25) is 0 Å². The molecule has 0 aromatic rings. The van der Waals surface area contributed by atoms with Gasteiger partial charge in [0.2, 0.25) is 0 Å². The monoisotopic (exact) mass is 187 g/mol. The van der Waals surface area contributed by atoms with Crippen LogP contribution in [0, 0.1) is 5.92 Å². The third kappa shape index (κ3) is 5.36. The van der Waals surface area contributed by atoms with Crippen LogP contribution in [0.5, 0.6) is 0 Å². The van der Waals surface area contributed by atoms with Crippen LogP contribution in [0.3, 0.4) is 0 Å². The van der Waals surface area contributed by atoms with Crippen molar-refractivity contribution in [1.29, 1.82) is 0 Å². The number of aliphatic hydroxyl groups is 1. The molecule has 0 aromatic heterocycles. The molecule has 2 N–H and O–H groups in total. The van der Waals surface area contributed by atoms with Crippen LogP contribution in [-0.4, -0.2) is 35.0 Å². The largest absolute Gasteiger partial charge is 0.481 e. The predicted molar refractivity (Wildman–Crippen MR) is 51.1 cm³/mol. The summed E-state index contributed by atoms with van der Waals surface area (Å²) in [5.41, 5.74) is 0. The van der Waals surface area contributed by atoms with Gasteiger partial charge in [-0.1, -0.05) is 13.8 Å². The summed E-state index contributed by atoms with van der Waals surface area (Å²) in [5, 5.41) is 17.9. The quantitative estimate of drug-likeness (QED) is 0.608. The van der Waals surface area contributed by atoms with Gasteiger partial charge in [-0.3, -0.25) is 9.79 Å². The van der Waals surface area contributed by atoms with Gasteiger partial charge in [0.15, 0.2) is 0 Å². The van der Waals surface area contributed by atoms with E-state index in [1.807, 2.05) is 13.8 Å². The first-order chi connectivity index (χ1) is 5.97. The Kier molecular flexibility index (Phi) is 5.30. The number of rotatable bonds is 6. The molecule has 0 aromatic carbocycles. The molecular weight excluding hydrogens is 170 g/mol. The zero-order chi connectivity index (χ0) is 10.4. The highest BCUT2D eigenvalue weighted by atomic mass is 16.4. The Morgan fingerprint density at radius 1 is 1.54 bits per heavy atom. The molecule has 0 fully saturated rings. The summed E-state index contributed by atoms with van der Waals surface area (Å²) in [4.78, 5) is 14.0. The van der Waals surface area contributed by atoms with E-state index in [1.54, 1.807) is 0 Å². The highest BCUT2D eigenvalue weighted by molar-refractivity contribution is 5.67. The number of hydrogen-bond acceptors (Lipinski definition) is 3. The van der Waals surface area contributed by atoms with Gasteiger partial charge in [0.05, 0.1) is 18.6 Å². The Morgan fingerprint density at radius 2 is 2.08 bits per heavy atom. The number of carboxylic acids is 1. The van der Waals surface area contributed by atoms with Gasteiger partial charge in [-0.25, -0.2) is 0 Å². The van der Waals surface area contributed by atoms with Crippen LogP contribution in [-0.2, 0) is 4.79 Å². The van der Waals surface area contributed by atoms with E-state index in [-0.39, 0.29) is 12.5 Å². The van der Waals surface area contributed by atoms with Crippen LogP contribution in [0.25, 0.3) is 0 Å². The van der Waals surface area contributed by atoms with Crippen molar-refractivity contribution in [3.8, 4) is 0 Å². The Hall–Kier alpha value is -0.900. The lowest BCUT2D eigenvalue weighted by Gasteiger charge is -2.18. The van der Waals surface area contributed by atoms with Gasteiger partial charge in [0.1, 0.15) is 0 Å². The fourth-order valence-corrected chi connectivity index (χ4v) is 1.15. The van der Waals surface area contributed by atoms with Gasteiger partial charge < -0.3 is 10.2 Å². The molecule has 0 radical (unpaired) electrons. The molecule has 0 aliphatic carbocycles. The van der Waals surface area contributed by atoms with Crippen LogP contribution >= 0.6 is 0 Å². The average molecular weight is 187 g/mol. The molecule has 4 nitrogen and oxygen atoms in total. The highest BCUT2D eigenvalue weighted by Crippen LogP contribution is 2.13. The minimum absolute atomic E-state index is 0.267. The number of carboxylic acid groups (broad SMARTS) is 1. The number of carbonyl (C=O) groups is 1. The second-order valence-corrected chi connectivity index (χ2v) is 3.54. The van der Waals surface area contributed by atoms with Gasteiger partial charge >= 0.3 is 5.97 Å². The summed E-state index contributed by atoms with van der Waals surface area (Å²) in [5.74, 6) is -0.635. The van der Waals surface area contributed by atoms with Crippen LogP contribution in [0.15, 0.2) is 4.99 Å². The smallest absolute Gasteiger partial charge is 0.306 e. The summed E-state index contributed by atoms with van der Waals surface area (Å²) < 4.78 is 0. The van der Waals surface area contributed by atoms with Crippen molar-refractivity contribution in [1.82, 2.24) is 0 Å². The molecule has 0 rings (SSSR count). The van der Waals surface area contributed by atoms with Crippen molar-refractivity contribution in [3.63, 3.8) is 0 Å². The van der Waals surface area contributed by atoms with E-state index >= 15 is 0 Å². The van der Waals surface area contributed by atoms with E-state index < -0.39 is 12.1 Å². The van der Waals surface area contributed by atoms with E-state index in [1.165, 1.54) is 0 Å². The normalized spacial score (nSPS) is 15.4. The first-order valence-corrected chi connectivity index (χ1v) is 4.33. The number of aliphatic imine (C=N–C) groups is 1. The van der Waals surface area contributed by atoms with E-state index in [0.29, 0.717) is 12.3 Å². The Balaban J connectivity index is 4.06. The molecule has 0 spiro atoms. The summed E-state index contributed by atoms with van der Waals surface area (Å²) in [7, 11) is 0. The lowest BCUT2D eigenvalue weighted by molar-refractivity contribution is -0.139. The maximum atomic E-state index is 10.3. The first-order valence-electron chi connectivity index (χ1n) is 4.33. The predicted octanol–water partition coefficient (Wildman–Crippen LogP) is 0.937. The van der Waals surface area contributed by atoms with Crippen LogP contribution in [0.1, 0.15) is 26.7 Å². The summed E-state index contributed by atoms with van der Waals surface area (Å²) in [6, 6.07) is -0.365. The van der Waals surface area contributed by atoms with E-state index in [2.05, 4.69) is 11.7 Å². The minimum Gasteiger partial charge on any atom is -0.481 e. The highest BCUT2D eigenvalue weighted by Gasteiger charge is 2.20. The molecule has 0 aliphatic rings. The van der Waals surface area contributed by atoms with E-state index in [4.69, 9.17) is 5.11 Å². The summed E-state index contributed by atoms with van der Waals surface area (Å²) in [6.45, 7) is 7.32. The Bertz CT molecular complexity index is 180. The van der Waals surface area contributed by atoms with Gasteiger partial charge in [-0.15, -0.1) is 0 Å². The van der Waals surface area contributed by atoms with Crippen molar-refractivity contribution < 1.29 is 15.0 Å². The first kappa shape index (κ1) is 12.1. The lowest BCUT2D eigenvalue weighted by atomic mass is 9.98. The maximum Gasteiger partial charge on any atom is 0.306 e. The third-order valence-electron chi connectivity index (χ3n) is 1.78. The molecule has 0 saturated carbocycles. The number of aliphatic hydroxyl groups excluding tert-OH is 1. The third-order valence-corrected chi connectivity index (χ3v) is 1.78. The fourth-order valence-electron chi connectivity index (χ4n) is 1.15. The number of nitrogens with zero attached hydrogens (tertiary/aromatic N) is 1. The SMILES string of the molecule is C=N[C@@H](CC(C)C)[C@@H](O)CC(=O)O. The zero-order valence-electron chi connectivity index (χ0n) is 8.10. The van der Waals surface area contributed by atoms with Crippen LogP contribution < -0.4 is 0 Å². The molecule has 4 heteroatoms. The number of hydrogen-bond donors (Lipinski definition) is 2. The molecular formula is C9H17NO3. The summed E-state index contributed by atoms with van der Waals surface area (Å²) in [6.07, 6.45) is -0.522. The van der Waals surface area contributed by atoms with Crippen molar-refractivity contribution in [2.45, 2.75) is 38.8 Å². The van der Waals surface area contributed by atoms with Gasteiger partial charge in [-0.2, -0.15) is 0 Å². The topological polar surface area (TPSA) is 69.9 Å². The van der Waals surface area contributed by atoms with Crippen molar-refractivity contribution in [2.75, 3.05) is 0 Å². The Morgan fingerprint density at radius 3 is 2.38 bits per heavy atom. The second-order valence-electron chi connectivity index (χ2n) is 3.54. The molecule has 0 bridgehead atoms. The standard InChI is InChI=1S/C9H17NO3/c1-6(2)4-7(10-3)8(11)5-9(12)13/h6-8,11H,3-5H2,1-2H3,(H,12,13)/t7-,8-/m0/s1. The maximum absolute atomic E-state index is 10.3. The fraction of sp³-hybridized carbons (Fsp3) is 0.778. The van der Waals surface area contributed by atoms with Gasteiger partial charge in [-0.05, 0) is 19.1 Å². The van der Waals surface area contributed by atoms with Crippen molar-refractivity contribution >= 4 is 12.7 Å². The minimum atomic E-state index is -1.01. The second kappa shape index (κ2) is 5.70. The zero-order valence-corrected chi connectivity index (χ0v) is 8.10. The van der Waals surface area contributed by atoms with Gasteiger partial charge in [0.25, 0.3) is 0 Å². The van der Waals surface area contributed by atoms with Gasteiger partial charge in [0, 0.05) is 0 Å². The molecule has 0 amide bonds. The van der Waals surface area contributed by atoms with Crippen molar-refractivity contribution in [3.05, 3.63) is 0 Å². The molecule has 0 saturated heterocycles. The van der Waals surface area contributed by atoms with Crippen molar-refractivity contribution in [2.24, 2.45) is 10.9 Å². The molecule has 13 heavy (non-hydrogen) atoms. The number of aliphatic carboxylic acids is 1. The molecule has 0 heterocycles. The molecule has 76 valence electrons. The lowest BCUT2D eigenvalue weighted by Crippen LogP contribution is -2.28. The van der Waals surface area contributed by atoms with E-state index in [9.17, 15) is 9.90 Å². The molecule has 0 aliphatic heterocycles. The van der Waals surface area contributed by atoms with E-state index in [0.717, 1.165) is 0 Å². The Labute approximate surface area is 78.3 Å². The summed E-state index contributed by atoms with van der Waals surface area (Å²) >= 11 is 0. The molecule has 0 unspecified atom stereocenters. The average Bonchev–Trinajstić information content (AvgIpc) is 1.98. The molecule has 2 atom stereocenters. The van der Waals surface area contributed by atoms with Crippen LogP contribution in [0.4, 0.5) is 0 Å².